The molecule has 0 bridgehead atoms. The van der Waals surface area contributed by atoms with E-state index in [1.54, 1.807) is 58.0 Å². The lowest BCUT2D eigenvalue weighted by molar-refractivity contribution is -0.138. The van der Waals surface area contributed by atoms with Gasteiger partial charge in [-0.05, 0) is 69.2 Å². The van der Waals surface area contributed by atoms with Crippen molar-refractivity contribution in [2.45, 2.75) is 46.4 Å². The molecule has 0 saturated carbocycles. The minimum atomic E-state index is -0.836. The highest BCUT2D eigenvalue weighted by Gasteiger charge is 2.24. The molecule has 39 heavy (non-hydrogen) atoms. The van der Waals surface area contributed by atoms with Crippen molar-refractivity contribution in [1.82, 2.24) is 20.0 Å². The molecule has 0 aliphatic rings. The predicted molar refractivity (Wildman–Crippen MR) is 156 cm³/mol. The van der Waals surface area contributed by atoms with Crippen molar-refractivity contribution < 1.29 is 19.1 Å². The van der Waals surface area contributed by atoms with E-state index in [0.717, 1.165) is 9.86 Å². The standard InChI is InChI=1S/C29H31BrClFN4O3/c1-6-9-24(28(32)18(4)21-10-7-8-11-23(21)31)33-26(38)15-35(17(2)3)27(39)16-36-25-13-12-20(30)14-22(25)29(34-36)19(5)37/h6-14,17,19,37H,1,15-16H2,2-5H3,(H,33,38)/b24-9+,28-18-. The molecule has 2 amide bonds. The monoisotopic (exact) mass is 616 g/mol. The molecule has 3 rings (SSSR count). The highest BCUT2D eigenvalue weighted by atomic mass is 79.9. The Hall–Kier alpha value is -3.27. The molecule has 1 aromatic heterocycles. The van der Waals surface area contributed by atoms with Gasteiger partial charge in [-0.25, -0.2) is 4.39 Å². The molecule has 1 heterocycles. The van der Waals surface area contributed by atoms with E-state index in [1.807, 2.05) is 12.1 Å². The number of amides is 2. The molecule has 1 unspecified atom stereocenters. The Morgan fingerprint density at radius 2 is 1.95 bits per heavy atom. The number of hydrogen-bond acceptors (Lipinski definition) is 4. The first-order chi connectivity index (χ1) is 18.4. The molecule has 0 radical (unpaired) electrons. The van der Waals surface area contributed by atoms with Crippen molar-refractivity contribution in [3.8, 4) is 0 Å². The topological polar surface area (TPSA) is 87.5 Å². The fourth-order valence-corrected chi connectivity index (χ4v) is 4.74. The average Bonchev–Trinajstić information content (AvgIpc) is 3.23. The lowest BCUT2D eigenvalue weighted by atomic mass is 10.1. The van der Waals surface area contributed by atoms with Gasteiger partial charge in [-0.3, -0.25) is 14.3 Å². The zero-order valence-corrected chi connectivity index (χ0v) is 24.6. The van der Waals surface area contributed by atoms with Crippen LogP contribution in [0.5, 0.6) is 0 Å². The van der Waals surface area contributed by atoms with E-state index in [9.17, 15) is 14.7 Å². The van der Waals surface area contributed by atoms with Gasteiger partial charge in [0, 0.05) is 20.9 Å². The Bertz CT molecular complexity index is 1460. The summed E-state index contributed by atoms with van der Waals surface area (Å²) in [6.07, 6.45) is 1.87. The molecule has 0 saturated heterocycles. The normalized spacial score (nSPS) is 13.3. The maximum atomic E-state index is 15.4. The first-order valence-corrected chi connectivity index (χ1v) is 13.5. The van der Waals surface area contributed by atoms with Crippen LogP contribution in [0, 0.1) is 0 Å². The number of allylic oxidation sites excluding steroid dienone is 4. The van der Waals surface area contributed by atoms with Gasteiger partial charge in [-0.15, -0.1) is 0 Å². The van der Waals surface area contributed by atoms with Gasteiger partial charge in [0.15, 0.2) is 0 Å². The summed E-state index contributed by atoms with van der Waals surface area (Å²) in [5.41, 5.74) is 1.78. The van der Waals surface area contributed by atoms with Crippen LogP contribution in [0.25, 0.3) is 16.5 Å². The molecule has 0 aliphatic carbocycles. The Morgan fingerprint density at radius 1 is 1.26 bits per heavy atom. The fourth-order valence-electron chi connectivity index (χ4n) is 4.10. The second-order valence-corrected chi connectivity index (χ2v) is 10.6. The average molecular weight is 618 g/mol. The molecule has 10 heteroatoms. The summed E-state index contributed by atoms with van der Waals surface area (Å²) in [6, 6.07) is 12.0. The summed E-state index contributed by atoms with van der Waals surface area (Å²) in [5, 5.41) is 18.3. The van der Waals surface area contributed by atoms with Gasteiger partial charge in [-0.2, -0.15) is 5.10 Å². The smallest absolute Gasteiger partial charge is 0.245 e. The number of halogens is 3. The summed E-state index contributed by atoms with van der Waals surface area (Å²) < 4.78 is 17.8. The summed E-state index contributed by atoms with van der Waals surface area (Å²) in [7, 11) is 0. The number of rotatable bonds is 10. The van der Waals surface area contributed by atoms with Gasteiger partial charge in [-0.1, -0.05) is 58.4 Å². The number of fused-ring (bicyclic) bond motifs is 1. The largest absolute Gasteiger partial charge is 0.387 e. The van der Waals surface area contributed by atoms with Crippen LogP contribution in [0.3, 0.4) is 0 Å². The van der Waals surface area contributed by atoms with Crippen molar-refractivity contribution in [2.24, 2.45) is 0 Å². The van der Waals surface area contributed by atoms with E-state index in [0.29, 0.717) is 21.8 Å². The van der Waals surface area contributed by atoms with E-state index in [4.69, 9.17) is 11.6 Å². The van der Waals surface area contributed by atoms with Crippen molar-refractivity contribution in [2.75, 3.05) is 6.54 Å². The zero-order chi connectivity index (χ0) is 28.9. The number of carbonyl (C=O) groups is 2. The molecule has 0 spiro atoms. The number of aliphatic hydroxyl groups is 1. The third-order valence-electron chi connectivity index (χ3n) is 6.08. The van der Waals surface area contributed by atoms with Crippen molar-refractivity contribution in [3.05, 3.63) is 93.5 Å². The number of carbonyl (C=O) groups excluding carboxylic acids is 2. The van der Waals surface area contributed by atoms with E-state index >= 15 is 4.39 Å². The number of aliphatic hydroxyl groups excluding tert-OH is 1. The van der Waals surface area contributed by atoms with Gasteiger partial charge in [0.1, 0.15) is 18.9 Å². The third kappa shape index (κ3) is 7.23. The summed E-state index contributed by atoms with van der Waals surface area (Å²) >= 11 is 9.65. The zero-order valence-electron chi connectivity index (χ0n) is 22.2. The number of nitrogens with one attached hydrogen (secondary N) is 1. The Balaban J connectivity index is 1.82. The molecular weight excluding hydrogens is 587 g/mol. The Labute approximate surface area is 240 Å². The van der Waals surface area contributed by atoms with Crippen molar-refractivity contribution >= 4 is 55.8 Å². The minimum Gasteiger partial charge on any atom is -0.387 e. The predicted octanol–water partition coefficient (Wildman–Crippen LogP) is 6.33. The van der Waals surface area contributed by atoms with Crippen LogP contribution in [0.4, 0.5) is 4.39 Å². The van der Waals surface area contributed by atoms with E-state index in [2.05, 4.69) is 32.9 Å². The van der Waals surface area contributed by atoms with Crippen LogP contribution in [-0.4, -0.2) is 44.2 Å². The first kappa shape index (κ1) is 30.3. The van der Waals surface area contributed by atoms with Crippen LogP contribution in [0.15, 0.2) is 77.2 Å². The van der Waals surface area contributed by atoms with Gasteiger partial charge in [0.2, 0.25) is 11.8 Å². The van der Waals surface area contributed by atoms with Crippen molar-refractivity contribution in [3.63, 3.8) is 0 Å². The minimum absolute atomic E-state index is 0.0891. The number of aromatic nitrogens is 2. The van der Waals surface area contributed by atoms with E-state index < -0.39 is 17.8 Å². The highest BCUT2D eigenvalue weighted by Crippen LogP contribution is 2.29. The molecule has 2 N–H and O–H groups in total. The molecule has 1 atom stereocenters. The van der Waals surface area contributed by atoms with Gasteiger partial charge < -0.3 is 15.3 Å². The number of benzene rings is 2. The van der Waals surface area contributed by atoms with Crippen LogP contribution in [0.1, 0.15) is 45.1 Å². The molecule has 0 aliphatic heterocycles. The van der Waals surface area contributed by atoms with E-state index in [-0.39, 0.29) is 36.3 Å². The third-order valence-corrected chi connectivity index (χ3v) is 6.90. The van der Waals surface area contributed by atoms with Gasteiger partial charge >= 0.3 is 0 Å². The first-order valence-electron chi connectivity index (χ1n) is 12.3. The summed E-state index contributed by atoms with van der Waals surface area (Å²) in [6.45, 7) is 9.90. The quantitative estimate of drug-likeness (QED) is 0.260. The number of nitrogens with zero attached hydrogens (tertiary/aromatic N) is 3. The SMILES string of the molecule is C=C/C=C(NC(=O)CN(C(=O)Cn1nc(C(C)O)c2cc(Br)ccc21)C(C)C)\C(F)=C(/C)c1ccccc1Cl. The molecule has 206 valence electrons. The second kappa shape index (κ2) is 13.2. The maximum absolute atomic E-state index is 15.4. The van der Waals surface area contributed by atoms with Crippen LogP contribution in [-0.2, 0) is 16.1 Å². The Kier molecular flexibility index (Phi) is 10.2. The summed E-state index contributed by atoms with van der Waals surface area (Å²) in [5.74, 6) is -1.60. The lowest BCUT2D eigenvalue weighted by Crippen LogP contribution is -2.45. The van der Waals surface area contributed by atoms with E-state index in [1.165, 1.54) is 21.7 Å². The maximum Gasteiger partial charge on any atom is 0.245 e. The molecule has 7 nitrogen and oxygen atoms in total. The molecule has 3 aromatic rings. The van der Waals surface area contributed by atoms with Crippen molar-refractivity contribution in [1.29, 1.82) is 0 Å². The molecule has 0 fully saturated rings. The van der Waals surface area contributed by atoms with Gasteiger partial charge in [0.05, 0.1) is 23.0 Å². The second-order valence-electron chi connectivity index (χ2n) is 9.28. The summed E-state index contributed by atoms with van der Waals surface area (Å²) in [4.78, 5) is 27.7. The lowest BCUT2D eigenvalue weighted by Gasteiger charge is -2.26. The molecular formula is C29H31BrClFN4O3. The fraction of sp³-hybridized carbons (Fsp3) is 0.276. The van der Waals surface area contributed by atoms with Crippen LogP contribution in [0.2, 0.25) is 5.02 Å². The van der Waals surface area contributed by atoms with Crippen LogP contribution >= 0.6 is 27.5 Å². The highest BCUT2D eigenvalue weighted by molar-refractivity contribution is 9.10. The molecule has 2 aromatic carbocycles. The number of hydrogen-bond donors (Lipinski definition) is 2. The Morgan fingerprint density at radius 3 is 2.56 bits per heavy atom. The van der Waals surface area contributed by atoms with Gasteiger partial charge in [0.25, 0.3) is 0 Å². The van der Waals surface area contributed by atoms with Crippen LogP contribution < -0.4 is 5.32 Å².